The van der Waals surface area contributed by atoms with Gasteiger partial charge in [-0.2, -0.15) is 0 Å². The van der Waals surface area contributed by atoms with E-state index >= 15 is 0 Å². The molecule has 1 heterocycles. The maximum absolute atomic E-state index is 4.34. The molecular weight excluding hydrogens is 172 g/mol. The summed E-state index contributed by atoms with van der Waals surface area (Å²) < 4.78 is 0. The second kappa shape index (κ2) is 7.13. The maximum atomic E-state index is 4.34. The molecule has 2 nitrogen and oxygen atoms in total. The number of nitrogens with one attached hydrogen (secondary N) is 1. The summed E-state index contributed by atoms with van der Waals surface area (Å²) in [5.74, 6) is 1.01. The highest BCUT2D eigenvalue weighted by Gasteiger charge is 2.01. The van der Waals surface area contributed by atoms with Crippen LogP contribution in [0.4, 0.5) is 0 Å². The van der Waals surface area contributed by atoms with Gasteiger partial charge in [0.15, 0.2) is 0 Å². The molecule has 0 aromatic carbocycles. The first-order valence-corrected chi connectivity index (χ1v) is 5.15. The summed E-state index contributed by atoms with van der Waals surface area (Å²) in [6, 6.07) is 0. The Morgan fingerprint density at radius 2 is 2.07 bits per heavy atom. The molecule has 1 aromatic rings. The van der Waals surface area contributed by atoms with E-state index < -0.39 is 0 Å². The van der Waals surface area contributed by atoms with E-state index in [1.807, 2.05) is 32.9 Å². The highest BCUT2D eigenvalue weighted by atomic mass is 14.9. The molecule has 0 atom stereocenters. The predicted molar refractivity (Wildman–Crippen MR) is 64.1 cm³/mol. The normalized spacial score (nSPS) is 9.71. The van der Waals surface area contributed by atoms with E-state index in [1.54, 1.807) is 6.08 Å². The van der Waals surface area contributed by atoms with Crippen molar-refractivity contribution in [1.29, 1.82) is 0 Å². The monoisotopic (exact) mass is 192 g/mol. The quantitative estimate of drug-likeness (QED) is 0.777. The van der Waals surface area contributed by atoms with E-state index in [-0.39, 0.29) is 0 Å². The largest absolute Gasteiger partial charge is 0.342 e. The summed E-state index contributed by atoms with van der Waals surface area (Å²) in [7, 11) is 0. The van der Waals surface area contributed by atoms with Crippen LogP contribution in [-0.2, 0) is 6.42 Å². The number of hydrogen-bond acceptors (Lipinski definition) is 1. The van der Waals surface area contributed by atoms with Crippen LogP contribution in [-0.4, -0.2) is 9.97 Å². The van der Waals surface area contributed by atoms with Crippen LogP contribution in [0.5, 0.6) is 0 Å². The van der Waals surface area contributed by atoms with Crippen LogP contribution in [0.3, 0.4) is 0 Å². The molecular formula is C12H20N2. The molecule has 0 fully saturated rings. The molecule has 2 heteroatoms. The van der Waals surface area contributed by atoms with Crippen molar-refractivity contribution >= 4 is 12.2 Å². The Balaban J connectivity index is 0.000000791. The molecule has 14 heavy (non-hydrogen) atoms. The Morgan fingerprint density at radius 1 is 1.43 bits per heavy atom. The molecule has 0 saturated carbocycles. The maximum Gasteiger partial charge on any atom is 0.106 e. The molecule has 1 aromatic heterocycles. The minimum Gasteiger partial charge on any atom is -0.342 e. The molecule has 0 aliphatic rings. The molecule has 0 spiro atoms. The summed E-state index contributed by atoms with van der Waals surface area (Å²) >= 11 is 0. The number of aromatic amines is 1. The van der Waals surface area contributed by atoms with E-state index in [2.05, 4.69) is 23.5 Å². The summed E-state index contributed by atoms with van der Waals surface area (Å²) in [6.07, 6.45) is 6.69. The zero-order chi connectivity index (χ0) is 11.0. The molecule has 0 amide bonds. The second-order valence-corrected chi connectivity index (χ2v) is 2.54. The van der Waals surface area contributed by atoms with Gasteiger partial charge < -0.3 is 4.98 Å². The van der Waals surface area contributed by atoms with Crippen molar-refractivity contribution in [2.45, 2.75) is 34.1 Å². The summed E-state index contributed by atoms with van der Waals surface area (Å²) in [4.78, 5) is 7.56. The lowest BCUT2D eigenvalue weighted by atomic mass is 10.3. The topological polar surface area (TPSA) is 28.7 Å². The predicted octanol–water partition coefficient (Wildman–Crippen LogP) is 3.67. The van der Waals surface area contributed by atoms with E-state index in [0.29, 0.717) is 0 Å². The lowest BCUT2D eigenvalue weighted by molar-refractivity contribution is 0.986. The van der Waals surface area contributed by atoms with Crippen LogP contribution >= 0.6 is 0 Å². The fraction of sp³-hybridized carbons (Fsp3) is 0.417. The van der Waals surface area contributed by atoms with E-state index in [1.165, 1.54) is 0 Å². The van der Waals surface area contributed by atoms with Crippen LogP contribution in [0, 0.1) is 0 Å². The number of aromatic nitrogens is 2. The molecule has 0 aliphatic heterocycles. The SMILES string of the molecule is C=Cc1nc(CC)[nH]c1/C=C\C.CC. The molecule has 0 bridgehead atoms. The van der Waals surface area contributed by atoms with Gasteiger partial charge in [-0.1, -0.05) is 33.4 Å². The van der Waals surface area contributed by atoms with Gasteiger partial charge >= 0.3 is 0 Å². The molecule has 0 radical (unpaired) electrons. The van der Waals surface area contributed by atoms with Gasteiger partial charge in [-0.25, -0.2) is 4.98 Å². The van der Waals surface area contributed by atoms with E-state index in [0.717, 1.165) is 23.6 Å². The molecule has 0 aliphatic carbocycles. The lowest BCUT2D eigenvalue weighted by Gasteiger charge is -1.86. The Hall–Kier alpha value is -1.31. The highest BCUT2D eigenvalue weighted by molar-refractivity contribution is 5.58. The van der Waals surface area contributed by atoms with Crippen molar-refractivity contribution in [3.05, 3.63) is 29.9 Å². The first-order valence-electron chi connectivity index (χ1n) is 5.15. The number of aryl methyl sites for hydroxylation is 1. The molecule has 0 saturated heterocycles. The minimum absolute atomic E-state index is 0.929. The van der Waals surface area contributed by atoms with Crippen molar-refractivity contribution < 1.29 is 0 Å². The number of rotatable bonds is 3. The third kappa shape index (κ3) is 3.21. The lowest BCUT2D eigenvalue weighted by Crippen LogP contribution is -1.80. The molecule has 1 rings (SSSR count). The summed E-state index contributed by atoms with van der Waals surface area (Å²) in [6.45, 7) is 11.8. The van der Waals surface area contributed by atoms with E-state index in [4.69, 9.17) is 0 Å². The second-order valence-electron chi connectivity index (χ2n) is 2.54. The van der Waals surface area contributed by atoms with Crippen LogP contribution in [0.25, 0.3) is 12.2 Å². The van der Waals surface area contributed by atoms with Gasteiger partial charge in [-0.3, -0.25) is 0 Å². The van der Waals surface area contributed by atoms with E-state index in [9.17, 15) is 0 Å². The molecule has 0 unspecified atom stereocenters. The van der Waals surface area contributed by atoms with Gasteiger partial charge in [0.25, 0.3) is 0 Å². The zero-order valence-corrected chi connectivity index (χ0v) is 9.59. The van der Waals surface area contributed by atoms with Crippen molar-refractivity contribution in [3.8, 4) is 0 Å². The average molecular weight is 192 g/mol. The van der Waals surface area contributed by atoms with Crippen LogP contribution in [0.15, 0.2) is 12.7 Å². The fourth-order valence-electron chi connectivity index (χ4n) is 1.07. The van der Waals surface area contributed by atoms with Crippen molar-refractivity contribution in [2.24, 2.45) is 0 Å². The molecule has 78 valence electrons. The van der Waals surface area contributed by atoms with Crippen molar-refractivity contribution in [1.82, 2.24) is 9.97 Å². The first kappa shape index (κ1) is 12.7. The van der Waals surface area contributed by atoms with Crippen LogP contribution < -0.4 is 0 Å². The first-order chi connectivity index (χ1) is 6.81. The minimum atomic E-state index is 0.929. The summed E-state index contributed by atoms with van der Waals surface area (Å²) in [5, 5.41) is 0. The van der Waals surface area contributed by atoms with Gasteiger partial charge in [0.1, 0.15) is 5.82 Å². The number of hydrogen-bond donors (Lipinski definition) is 1. The fourth-order valence-corrected chi connectivity index (χ4v) is 1.07. The Morgan fingerprint density at radius 3 is 2.50 bits per heavy atom. The number of imidazole rings is 1. The zero-order valence-electron chi connectivity index (χ0n) is 9.59. The van der Waals surface area contributed by atoms with Gasteiger partial charge in [-0.15, -0.1) is 0 Å². The Kier molecular flexibility index (Phi) is 6.46. The third-order valence-electron chi connectivity index (χ3n) is 1.67. The van der Waals surface area contributed by atoms with Crippen molar-refractivity contribution in [3.63, 3.8) is 0 Å². The van der Waals surface area contributed by atoms with Gasteiger partial charge in [0.2, 0.25) is 0 Å². The standard InChI is InChI=1S/C10H14N2.C2H6/c1-4-7-9-8(5-2)11-10(6-3)12-9;1-2/h4-5,7H,2,6H2,1,3H3,(H,11,12);1-2H3/b7-4-;. The number of H-pyrrole nitrogens is 1. The summed E-state index contributed by atoms with van der Waals surface area (Å²) in [5.41, 5.74) is 1.98. The van der Waals surface area contributed by atoms with Crippen LogP contribution in [0.1, 0.15) is 44.9 Å². The smallest absolute Gasteiger partial charge is 0.106 e. The van der Waals surface area contributed by atoms with Crippen molar-refractivity contribution in [2.75, 3.05) is 0 Å². The van der Waals surface area contributed by atoms with Crippen LogP contribution in [0.2, 0.25) is 0 Å². The van der Waals surface area contributed by atoms with Gasteiger partial charge in [0.05, 0.1) is 11.4 Å². The Bertz CT molecular complexity index is 295. The highest BCUT2D eigenvalue weighted by Crippen LogP contribution is 2.09. The van der Waals surface area contributed by atoms with Gasteiger partial charge in [0, 0.05) is 6.42 Å². The average Bonchev–Trinajstić information content (AvgIpc) is 2.64. The number of allylic oxidation sites excluding steroid dienone is 1. The number of nitrogens with zero attached hydrogens (tertiary/aromatic N) is 1. The molecule has 1 N–H and O–H groups in total. The third-order valence-corrected chi connectivity index (χ3v) is 1.67. The van der Waals surface area contributed by atoms with Gasteiger partial charge in [-0.05, 0) is 19.1 Å². The Labute approximate surface area is 86.8 Å².